The molecule has 1 aromatic heterocycles. The van der Waals surface area contributed by atoms with Crippen LogP contribution in [0.4, 0.5) is 5.82 Å². The maximum atomic E-state index is 4.61. The van der Waals surface area contributed by atoms with E-state index in [9.17, 15) is 0 Å². The molecule has 2 bridgehead atoms. The van der Waals surface area contributed by atoms with E-state index in [1.165, 1.54) is 23.8 Å². The highest BCUT2D eigenvalue weighted by Gasteiger charge is 2.33. The van der Waals surface area contributed by atoms with Crippen LogP contribution in [-0.2, 0) is 0 Å². The molecule has 2 unspecified atom stereocenters. The number of nitrogens with zero attached hydrogens (tertiary/aromatic N) is 3. The first-order valence-corrected chi connectivity index (χ1v) is 7.96. The highest BCUT2D eigenvalue weighted by molar-refractivity contribution is 5.90. The Morgan fingerprint density at radius 1 is 1.14 bits per heavy atom. The predicted molar refractivity (Wildman–Crippen MR) is 85.8 cm³/mol. The third kappa shape index (κ3) is 2.27. The van der Waals surface area contributed by atoms with Crippen molar-refractivity contribution in [2.24, 2.45) is 0 Å². The number of piperazine rings is 1. The summed E-state index contributed by atoms with van der Waals surface area (Å²) in [5.74, 6) is 1.64. The molecule has 4 rings (SSSR count). The number of aromatic nitrogens is 2. The smallest absolute Gasteiger partial charge is 0.139 e. The van der Waals surface area contributed by atoms with Gasteiger partial charge in [-0.25, -0.2) is 9.97 Å². The van der Waals surface area contributed by atoms with Crippen LogP contribution >= 0.6 is 0 Å². The van der Waals surface area contributed by atoms with E-state index >= 15 is 0 Å². The lowest BCUT2D eigenvalue weighted by Crippen LogP contribution is -2.51. The number of anilines is 1. The molecule has 2 atom stereocenters. The minimum absolute atomic E-state index is 0.529. The van der Waals surface area contributed by atoms with Gasteiger partial charge in [-0.15, -0.1) is 0 Å². The van der Waals surface area contributed by atoms with E-state index < -0.39 is 0 Å². The monoisotopic (exact) mass is 282 g/mol. The van der Waals surface area contributed by atoms with Crippen LogP contribution in [0.5, 0.6) is 0 Å². The van der Waals surface area contributed by atoms with Gasteiger partial charge in [-0.2, -0.15) is 0 Å². The Hall–Kier alpha value is -1.68. The molecule has 2 aromatic rings. The molecule has 0 aliphatic carbocycles. The highest BCUT2D eigenvalue weighted by atomic mass is 15.3. The van der Waals surface area contributed by atoms with Crippen LogP contribution in [0.2, 0.25) is 0 Å². The van der Waals surface area contributed by atoms with Crippen molar-refractivity contribution in [3.63, 3.8) is 0 Å². The lowest BCUT2D eigenvalue weighted by Gasteiger charge is -2.34. The van der Waals surface area contributed by atoms with Gasteiger partial charge < -0.3 is 10.2 Å². The van der Waals surface area contributed by atoms with E-state index in [-0.39, 0.29) is 0 Å². The van der Waals surface area contributed by atoms with Crippen molar-refractivity contribution in [3.05, 3.63) is 30.1 Å². The van der Waals surface area contributed by atoms with Crippen LogP contribution in [0.15, 0.2) is 24.5 Å². The molecule has 0 saturated carbocycles. The van der Waals surface area contributed by atoms with Crippen LogP contribution in [0, 0.1) is 0 Å². The fraction of sp³-hybridized carbons (Fsp3) is 0.529. The molecule has 4 nitrogen and oxygen atoms in total. The molecule has 21 heavy (non-hydrogen) atoms. The van der Waals surface area contributed by atoms with Crippen molar-refractivity contribution in [1.82, 2.24) is 15.3 Å². The van der Waals surface area contributed by atoms with Crippen molar-refractivity contribution < 1.29 is 0 Å². The number of hydrogen-bond acceptors (Lipinski definition) is 4. The summed E-state index contributed by atoms with van der Waals surface area (Å²) in [6, 6.07) is 7.85. The Labute approximate surface area is 125 Å². The lowest BCUT2D eigenvalue weighted by molar-refractivity contribution is 0.464. The minimum atomic E-state index is 0.529. The largest absolute Gasteiger partial charge is 0.353 e. The van der Waals surface area contributed by atoms with Gasteiger partial charge in [0.05, 0.1) is 5.52 Å². The zero-order chi connectivity index (χ0) is 14.4. The summed E-state index contributed by atoms with van der Waals surface area (Å²) in [6.07, 6.45) is 4.29. The molecule has 110 valence electrons. The third-order valence-electron chi connectivity index (χ3n) is 4.82. The molecule has 0 spiro atoms. The summed E-state index contributed by atoms with van der Waals surface area (Å²) in [4.78, 5) is 11.5. The Morgan fingerprint density at radius 2 is 1.90 bits per heavy atom. The van der Waals surface area contributed by atoms with Crippen LogP contribution in [0.25, 0.3) is 10.9 Å². The first-order chi connectivity index (χ1) is 10.2. The number of hydrogen-bond donors (Lipinski definition) is 1. The first-order valence-electron chi connectivity index (χ1n) is 7.96. The quantitative estimate of drug-likeness (QED) is 0.919. The topological polar surface area (TPSA) is 41.1 Å². The summed E-state index contributed by atoms with van der Waals surface area (Å²) in [5.41, 5.74) is 2.41. The maximum Gasteiger partial charge on any atom is 0.139 e. The molecule has 0 radical (unpaired) electrons. The van der Waals surface area contributed by atoms with Gasteiger partial charge in [0, 0.05) is 30.6 Å². The van der Waals surface area contributed by atoms with Crippen LogP contribution < -0.4 is 10.2 Å². The summed E-state index contributed by atoms with van der Waals surface area (Å²) in [7, 11) is 0. The van der Waals surface area contributed by atoms with E-state index in [1.807, 2.05) is 0 Å². The highest BCUT2D eigenvalue weighted by Crippen LogP contribution is 2.30. The van der Waals surface area contributed by atoms with E-state index in [0.29, 0.717) is 18.0 Å². The lowest BCUT2D eigenvalue weighted by atomic mass is 10.0. The Kier molecular flexibility index (Phi) is 3.07. The molecule has 1 aromatic carbocycles. The van der Waals surface area contributed by atoms with Crippen molar-refractivity contribution in [1.29, 1.82) is 0 Å². The van der Waals surface area contributed by atoms with Crippen molar-refractivity contribution in [2.45, 2.75) is 44.7 Å². The number of rotatable bonds is 2. The third-order valence-corrected chi connectivity index (χ3v) is 4.82. The van der Waals surface area contributed by atoms with Gasteiger partial charge in [0.25, 0.3) is 0 Å². The molecular formula is C17H22N4. The van der Waals surface area contributed by atoms with Gasteiger partial charge in [0.2, 0.25) is 0 Å². The van der Waals surface area contributed by atoms with E-state index in [1.54, 1.807) is 6.33 Å². The average Bonchev–Trinajstić information content (AvgIpc) is 2.84. The van der Waals surface area contributed by atoms with Crippen LogP contribution in [-0.4, -0.2) is 35.1 Å². The Balaban J connectivity index is 1.78. The van der Waals surface area contributed by atoms with Crippen molar-refractivity contribution in [3.8, 4) is 0 Å². The second-order valence-corrected chi connectivity index (χ2v) is 6.67. The summed E-state index contributed by atoms with van der Waals surface area (Å²) in [6.45, 7) is 6.59. The molecule has 3 heterocycles. The van der Waals surface area contributed by atoms with Crippen molar-refractivity contribution >= 4 is 16.7 Å². The molecule has 1 N–H and O–H groups in total. The molecule has 2 fully saturated rings. The van der Waals surface area contributed by atoms with E-state index in [0.717, 1.165) is 24.4 Å². The standard InChI is InChI=1S/C17H22N4/c1-11(2)12-3-6-16-15(7-12)17(19-10-18-16)21-8-13-4-5-14(9-21)20-13/h3,6-7,10-11,13-14,20H,4-5,8-9H2,1-2H3. The minimum Gasteiger partial charge on any atom is -0.353 e. The molecular weight excluding hydrogens is 260 g/mol. The Bertz CT molecular complexity index is 655. The van der Waals surface area contributed by atoms with Gasteiger partial charge >= 0.3 is 0 Å². The van der Waals surface area contributed by atoms with Crippen LogP contribution in [0.1, 0.15) is 38.2 Å². The fourth-order valence-corrected chi connectivity index (χ4v) is 3.64. The summed E-state index contributed by atoms with van der Waals surface area (Å²) < 4.78 is 0. The normalized spacial score (nSPS) is 25.0. The summed E-state index contributed by atoms with van der Waals surface area (Å²) in [5, 5.41) is 4.88. The van der Waals surface area contributed by atoms with E-state index in [2.05, 4.69) is 52.2 Å². The average molecular weight is 282 g/mol. The first kappa shape index (κ1) is 13.0. The maximum absolute atomic E-state index is 4.61. The van der Waals surface area contributed by atoms with Gasteiger partial charge in [0.15, 0.2) is 0 Å². The van der Waals surface area contributed by atoms with Gasteiger partial charge in [-0.3, -0.25) is 0 Å². The van der Waals surface area contributed by atoms with Gasteiger partial charge in [0.1, 0.15) is 12.1 Å². The van der Waals surface area contributed by atoms with Crippen molar-refractivity contribution in [2.75, 3.05) is 18.0 Å². The zero-order valence-electron chi connectivity index (χ0n) is 12.7. The van der Waals surface area contributed by atoms with Gasteiger partial charge in [-0.1, -0.05) is 19.9 Å². The number of nitrogens with one attached hydrogen (secondary N) is 1. The molecule has 2 saturated heterocycles. The Morgan fingerprint density at radius 3 is 2.62 bits per heavy atom. The zero-order valence-corrected chi connectivity index (χ0v) is 12.7. The number of fused-ring (bicyclic) bond motifs is 3. The second kappa shape index (κ2) is 4.95. The molecule has 2 aliphatic rings. The molecule has 4 heteroatoms. The van der Waals surface area contributed by atoms with Crippen LogP contribution in [0.3, 0.4) is 0 Å². The second-order valence-electron chi connectivity index (χ2n) is 6.67. The summed E-state index contributed by atoms with van der Waals surface area (Å²) >= 11 is 0. The molecule has 0 amide bonds. The van der Waals surface area contributed by atoms with E-state index in [4.69, 9.17) is 0 Å². The fourth-order valence-electron chi connectivity index (χ4n) is 3.64. The number of benzene rings is 1. The SMILES string of the molecule is CC(C)c1ccc2ncnc(N3CC4CCC(C3)N4)c2c1. The van der Waals surface area contributed by atoms with Gasteiger partial charge in [-0.05, 0) is 36.5 Å². The predicted octanol–water partition coefficient (Wildman–Crippen LogP) is 2.69. The molecule has 2 aliphatic heterocycles.